The molecule has 3 heteroatoms. The summed E-state index contributed by atoms with van der Waals surface area (Å²) in [6.45, 7) is 8.17. The van der Waals surface area contributed by atoms with Gasteiger partial charge in [-0.1, -0.05) is 24.3 Å². The monoisotopic (exact) mass is 277 g/mol. The molecule has 1 unspecified atom stereocenters. The van der Waals surface area contributed by atoms with Crippen molar-refractivity contribution >= 4 is 0 Å². The molecule has 1 N–H and O–H groups in total. The normalized spacial score (nSPS) is 19.1. The molecule has 0 aromatic heterocycles. The number of aliphatic hydroxyl groups excluding tert-OH is 1. The van der Waals surface area contributed by atoms with E-state index in [0.717, 1.165) is 19.6 Å². The number of rotatable bonds is 6. The molecule has 1 fully saturated rings. The third-order valence-electron chi connectivity index (χ3n) is 4.20. The van der Waals surface area contributed by atoms with Gasteiger partial charge in [-0.3, -0.25) is 0 Å². The van der Waals surface area contributed by atoms with E-state index >= 15 is 0 Å². The van der Waals surface area contributed by atoms with Crippen LogP contribution in [0.3, 0.4) is 0 Å². The summed E-state index contributed by atoms with van der Waals surface area (Å²) in [7, 11) is 0. The number of aryl methyl sites for hydroxylation is 1. The highest BCUT2D eigenvalue weighted by Crippen LogP contribution is 2.29. The molecule has 20 heavy (non-hydrogen) atoms. The van der Waals surface area contributed by atoms with Gasteiger partial charge in [0.25, 0.3) is 0 Å². The predicted molar refractivity (Wildman–Crippen MR) is 82.1 cm³/mol. The van der Waals surface area contributed by atoms with Gasteiger partial charge >= 0.3 is 0 Å². The van der Waals surface area contributed by atoms with Crippen LogP contribution in [0, 0.1) is 6.92 Å². The second kappa shape index (κ2) is 7.77. The molecular weight excluding hydrogens is 250 g/mol. The van der Waals surface area contributed by atoms with Crippen molar-refractivity contribution in [3.8, 4) is 0 Å². The first-order valence-corrected chi connectivity index (χ1v) is 7.74. The number of ether oxygens (including phenoxy) is 1. The van der Waals surface area contributed by atoms with Gasteiger partial charge < -0.3 is 14.7 Å². The molecule has 2 rings (SSSR count). The maximum absolute atomic E-state index is 9.89. The molecule has 1 aromatic rings. The van der Waals surface area contributed by atoms with Crippen LogP contribution in [-0.2, 0) is 4.74 Å². The Kier molecular flexibility index (Phi) is 6.02. The van der Waals surface area contributed by atoms with Gasteiger partial charge in [-0.2, -0.15) is 0 Å². The maximum Gasteiger partial charge on any atom is 0.0900 e. The summed E-state index contributed by atoms with van der Waals surface area (Å²) >= 11 is 0. The second-order valence-electron chi connectivity index (χ2n) is 5.74. The molecule has 1 saturated heterocycles. The lowest BCUT2D eigenvalue weighted by atomic mass is 9.87. The van der Waals surface area contributed by atoms with Crippen LogP contribution < -0.4 is 0 Å². The van der Waals surface area contributed by atoms with Crippen molar-refractivity contribution < 1.29 is 9.84 Å². The summed E-state index contributed by atoms with van der Waals surface area (Å²) in [5.41, 5.74) is 2.91. The number of hydrogen-bond acceptors (Lipinski definition) is 3. The average molecular weight is 277 g/mol. The highest BCUT2D eigenvalue weighted by molar-refractivity contribution is 5.29. The maximum atomic E-state index is 9.89. The summed E-state index contributed by atoms with van der Waals surface area (Å²) in [5.74, 6) is 0.677. The fourth-order valence-electron chi connectivity index (χ4n) is 3.08. The van der Waals surface area contributed by atoms with Crippen LogP contribution in [0.15, 0.2) is 24.3 Å². The molecule has 0 saturated carbocycles. The number of β-amino-alcohol motifs (C(OH)–C–C–N with tert-alkyl or cyclic N) is 1. The molecule has 0 radical (unpaired) electrons. The van der Waals surface area contributed by atoms with Gasteiger partial charge in [-0.15, -0.1) is 0 Å². The second-order valence-corrected chi connectivity index (χ2v) is 5.74. The van der Waals surface area contributed by atoms with E-state index in [2.05, 4.69) is 36.1 Å². The molecule has 0 aliphatic carbocycles. The van der Waals surface area contributed by atoms with Crippen LogP contribution in [0.4, 0.5) is 0 Å². The molecule has 3 nitrogen and oxygen atoms in total. The lowest BCUT2D eigenvalue weighted by Crippen LogP contribution is -2.39. The zero-order valence-electron chi connectivity index (χ0n) is 12.7. The fraction of sp³-hybridized carbons (Fsp3) is 0.647. The Morgan fingerprint density at radius 1 is 1.30 bits per heavy atom. The van der Waals surface area contributed by atoms with Crippen molar-refractivity contribution in [2.24, 2.45) is 0 Å². The van der Waals surface area contributed by atoms with Gasteiger partial charge in [-0.25, -0.2) is 0 Å². The van der Waals surface area contributed by atoms with Crippen LogP contribution >= 0.6 is 0 Å². The van der Waals surface area contributed by atoms with Crippen molar-refractivity contribution in [3.05, 3.63) is 35.4 Å². The van der Waals surface area contributed by atoms with Gasteiger partial charge in [0.1, 0.15) is 0 Å². The highest BCUT2D eigenvalue weighted by atomic mass is 16.5. The first kappa shape index (κ1) is 15.5. The summed E-state index contributed by atoms with van der Waals surface area (Å²) < 4.78 is 5.27. The van der Waals surface area contributed by atoms with Crippen molar-refractivity contribution in [1.29, 1.82) is 0 Å². The lowest BCUT2D eigenvalue weighted by molar-refractivity contribution is 0.0167. The van der Waals surface area contributed by atoms with Crippen molar-refractivity contribution in [3.63, 3.8) is 0 Å². The van der Waals surface area contributed by atoms with Crippen LogP contribution in [0.5, 0.6) is 0 Å². The fourth-order valence-corrected chi connectivity index (χ4v) is 3.08. The van der Waals surface area contributed by atoms with E-state index in [1.807, 2.05) is 6.92 Å². The number of nitrogens with zero attached hydrogens (tertiary/aromatic N) is 1. The quantitative estimate of drug-likeness (QED) is 0.867. The van der Waals surface area contributed by atoms with Gasteiger partial charge in [0.2, 0.25) is 0 Å². The lowest BCUT2D eigenvalue weighted by Gasteiger charge is -2.33. The van der Waals surface area contributed by atoms with E-state index in [1.54, 1.807) is 0 Å². The number of hydrogen-bond donors (Lipinski definition) is 1. The molecule has 1 atom stereocenters. The minimum atomic E-state index is -0.357. The molecule has 0 bridgehead atoms. The van der Waals surface area contributed by atoms with E-state index in [9.17, 15) is 5.11 Å². The number of aliphatic hydroxyl groups is 1. The standard InChI is InChI=1S/C17H27NO2/c1-3-20-13-16(19)12-18-10-8-15(9-11-18)17-7-5-4-6-14(17)2/h4-7,15-16,19H,3,8-13H2,1-2H3. The van der Waals surface area contributed by atoms with Crippen molar-refractivity contribution in [2.75, 3.05) is 32.8 Å². The first-order valence-electron chi connectivity index (χ1n) is 7.74. The molecule has 1 aliphatic rings. The Morgan fingerprint density at radius 2 is 2.00 bits per heavy atom. The minimum absolute atomic E-state index is 0.357. The third kappa shape index (κ3) is 4.30. The molecule has 1 aliphatic heterocycles. The Morgan fingerprint density at radius 3 is 2.65 bits per heavy atom. The minimum Gasteiger partial charge on any atom is -0.389 e. The van der Waals surface area contributed by atoms with E-state index in [4.69, 9.17) is 4.74 Å². The molecule has 1 heterocycles. The third-order valence-corrected chi connectivity index (χ3v) is 4.20. The van der Waals surface area contributed by atoms with Gasteiger partial charge in [0.15, 0.2) is 0 Å². The van der Waals surface area contributed by atoms with E-state index in [-0.39, 0.29) is 6.10 Å². The summed E-state index contributed by atoms with van der Waals surface area (Å²) in [6, 6.07) is 8.71. The Balaban J connectivity index is 1.79. The van der Waals surface area contributed by atoms with Crippen molar-refractivity contribution in [1.82, 2.24) is 4.90 Å². The van der Waals surface area contributed by atoms with Crippen LogP contribution in [0.2, 0.25) is 0 Å². The highest BCUT2D eigenvalue weighted by Gasteiger charge is 2.22. The largest absolute Gasteiger partial charge is 0.389 e. The smallest absolute Gasteiger partial charge is 0.0900 e. The van der Waals surface area contributed by atoms with E-state index < -0.39 is 0 Å². The van der Waals surface area contributed by atoms with Crippen LogP contribution in [0.25, 0.3) is 0 Å². The number of benzene rings is 1. The van der Waals surface area contributed by atoms with Crippen LogP contribution in [-0.4, -0.2) is 49.0 Å². The van der Waals surface area contributed by atoms with E-state index in [0.29, 0.717) is 19.1 Å². The summed E-state index contributed by atoms with van der Waals surface area (Å²) in [4.78, 5) is 2.36. The van der Waals surface area contributed by atoms with Gasteiger partial charge in [0.05, 0.1) is 12.7 Å². The van der Waals surface area contributed by atoms with Crippen molar-refractivity contribution in [2.45, 2.75) is 38.7 Å². The predicted octanol–water partition coefficient (Wildman–Crippen LogP) is 2.57. The summed E-state index contributed by atoms with van der Waals surface area (Å²) in [5, 5.41) is 9.89. The Hall–Kier alpha value is -0.900. The average Bonchev–Trinajstić information content (AvgIpc) is 2.47. The SMILES string of the molecule is CCOCC(O)CN1CCC(c2ccccc2C)CC1. The molecule has 1 aromatic carbocycles. The van der Waals surface area contributed by atoms with E-state index in [1.165, 1.54) is 24.0 Å². The molecule has 0 amide bonds. The zero-order chi connectivity index (χ0) is 14.4. The van der Waals surface area contributed by atoms with Gasteiger partial charge in [0, 0.05) is 13.2 Å². The van der Waals surface area contributed by atoms with Gasteiger partial charge in [-0.05, 0) is 56.8 Å². The summed E-state index contributed by atoms with van der Waals surface area (Å²) in [6.07, 6.45) is 2.02. The Labute approximate surface area is 122 Å². The first-order chi connectivity index (χ1) is 9.70. The molecule has 0 spiro atoms. The molecular formula is C17H27NO2. The number of piperidine rings is 1. The topological polar surface area (TPSA) is 32.7 Å². The zero-order valence-corrected chi connectivity index (χ0v) is 12.7. The number of likely N-dealkylation sites (tertiary alicyclic amines) is 1. The molecule has 112 valence electrons. The van der Waals surface area contributed by atoms with Crippen LogP contribution in [0.1, 0.15) is 36.8 Å². The Bertz CT molecular complexity index is 400.